The molecule has 0 spiro atoms. The third-order valence-corrected chi connectivity index (χ3v) is 4.81. The number of Topliss-reactive ketones (excluding diaryl/α,β-unsaturated/α-hetero) is 1. The van der Waals surface area contributed by atoms with Gasteiger partial charge in [-0.25, -0.2) is 8.78 Å². The Hall–Kier alpha value is -2.94. The number of carboxylic acid groups (broad SMARTS) is 1. The van der Waals surface area contributed by atoms with Crippen LogP contribution in [-0.2, 0) is 20.9 Å². The molecule has 9 heteroatoms. The molecule has 2 aromatic carbocycles. The number of halogens is 2. The number of rotatable bonds is 9. The smallest absolute Gasteiger partial charge is 0.322 e. The predicted octanol–water partition coefficient (Wildman–Crippen LogP) is 4.46. The Kier molecular flexibility index (Phi) is 8.38. The summed E-state index contributed by atoms with van der Waals surface area (Å²) in [5.41, 5.74) is -0.863. The summed E-state index contributed by atoms with van der Waals surface area (Å²) >= 11 is 4.16. The molecular weight excluding hydrogens is 442 g/mol. The van der Waals surface area contributed by atoms with Crippen molar-refractivity contribution in [3.05, 3.63) is 65.2 Å². The first-order valence-corrected chi connectivity index (χ1v) is 10.2. The monoisotopic (exact) mass is 466 g/mol. The van der Waals surface area contributed by atoms with Gasteiger partial charge in [0.2, 0.25) is 0 Å². The highest BCUT2D eigenvalue weighted by Crippen LogP contribution is 2.23. The average molecular weight is 467 g/mol. The van der Waals surface area contributed by atoms with E-state index in [9.17, 15) is 28.3 Å². The molecule has 6 nitrogen and oxygen atoms in total. The Morgan fingerprint density at radius 3 is 2.09 bits per heavy atom. The van der Waals surface area contributed by atoms with Gasteiger partial charge in [0.1, 0.15) is 29.6 Å². The molecule has 0 radical (unpaired) electrons. The minimum atomic E-state index is -1.61. The Balaban J connectivity index is 2.02. The van der Waals surface area contributed by atoms with Crippen LogP contribution in [0.3, 0.4) is 0 Å². The fourth-order valence-corrected chi connectivity index (χ4v) is 3.19. The third kappa shape index (κ3) is 7.05. The highest BCUT2D eigenvalue weighted by molar-refractivity contribution is 7.81. The van der Waals surface area contributed by atoms with Crippen molar-refractivity contribution in [1.82, 2.24) is 0 Å². The number of esters is 1. The molecule has 0 aliphatic heterocycles. The molecule has 0 amide bonds. The molecule has 0 heterocycles. The molecular formula is C23H24F2O6S. The summed E-state index contributed by atoms with van der Waals surface area (Å²) in [4.78, 5) is 36.3. The van der Waals surface area contributed by atoms with E-state index in [1.54, 1.807) is 20.8 Å². The summed E-state index contributed by atoms with van der Waals surface area (Å²) in [6.07, 6.45) is -0.319. The number of carbonyl (C=O) groups excluding carboxylic acids is 2. The normalized spacial score (nSPS) is 13.2. The summed E-state index contributed by atoms with van der Waals surface area (Å²) in [6.45, 7) is 4.48. The fourth-order valence-electron chi connectivity index (χ4n) is 2.78. The van der Waals surface area contributed by atoms with E-state index in [2.05, 4.69) is 12.6 Å². The van der Waals surface area contributed by atoms with Crippen LogP contribution in [0, 0.1) is 17.6 Å². The molecule has 0 bridgehead atoms. The van der Waals surface area contributed by atoms with E-state index in [1.807, 2.05) is 0 Å². The molecule has 1 N–H and O–H groups in total. The predicted molar refractivity (Wildman–Crippen MR) is 116 cm³/mol. The van der Waals surface area contributed by atoms with Gasteiger partial charge in [-0.2, -0.15) is 12.6 Å². The van der Waals surface area contributed by atoms with Crippen molar-refractivity contribution >= 4 is 30.4 Å². The Bertz CT molecular complexity index is 965. The molecule has 32 heavy (non-hydrogen) atoms. The maximum absolute atomic E-state index is 13.7. The van der Waals surface area contributed by atoms with Crippen LogP contribution in [0.25, 0.3) is 0 Å². The third-order valence-electron chi connectivity index (χ3n) is 4.33. The van der Waals surface area contributed by atoms with Gasteiger partial charge in [-0.15, -0.1) is 0 Å². The molecule has 0 aliphatic rings. The molecule has 2 atom stereocenters. The highest BCUT2D eigenvalue weighted by atomic mass is 32.1. The van der Waals surface area contributed by atoms with Gasteiger partial charge in [-0.05, 0) is 57.2 Å². The van der Waals surface area contributed by atoms with E-state index in [0.29, 0.717) is 0 Å². The van der Waals surface area contributed by atoms with Gasteiger partial charge in [0.05, 0.1) is 5.56 Å². The van der Waals surface area contributed by atoms with Gasteiger partial charge >= 0.3 is 11.9 Å². The first-order valence-electron chi connectivity index (χ1n) is 9.71. The van der Waals surface area contributed by atoms with Crippen LogP contribution < -0.4 is 4.74 Å². The fraction of sp³-hybridized carbons (Fsp3) is 0.348. The minimum Gasteiger partial charge on any atom is -0.489 e. The van der Waals surface area contributed by atoms with Gasteiger partial charge in [-0.1, -0.05) is 6.07 Å². The van der Waals surface area contributed by atoms with Gasteiger partial charge in [0.15, 0.2) is 11.7 Å². The number of carboxylic acids is 1. The molecule has 2 aromatic rings. The van der Waals surface area contributed by atoms with Crippen molar-refractivity contribution in [1.29, 1.82) is 0 Å². The lowest BCUT2D eigenvalue weighted by Crippen LogP contribution is -2.38. The van der Waals surface area contributed by atoms with Gasteiger partial charge in [0.25, 0.3) is 0 Å². The van der Waals surface area contributed by atoms with E-state index in [0.717, 1.165) is 12.1 Å². The minimum absolute atomic E-state index is 0.215. The van der Waals surface area contributed by atoms with Crippen molar-refractivity contribution in [2.75, 3.05) is 0 Å². The number of hydrogen-bond acceptors (Lipinski definition) is 6. The standard InChI is InChI=1S/C23H24F2O6S/c1-23(2,3)31-22(29)20(21(27)28)19(32)11-18(26)13-7-9-14(10-8-13)30-12-15-16(24)5-4-6-17(15)25/h4-10,19-20,32H,11-12H2,1-3H3,(H,27,28)/t19-,20+/m0/s1. The van der Waals surface area contributed by atoms with Gasteiger partial charge in [-0.3, -0.25) is 14.4 Å². The Morgan fingerprint density at radius 1 is 1.03 bits per heavy atom. The van der Waals surface area contributed by atoms with Crippen LogP contribution in [0.5, 0.6) is 5.75 Å². The van der Waals surface area contributed by atoms with Gasteiger partial charge in [0, 0.05) is 17.2 Å². The van der Waals surface area contributed by atoms with E-state index in [4.69, 9.17) is 9.47 Å². The first kappa shape index (κ1) is 25.3. The number of carbonyl (C=O) groups is 3. The van der Waals surface area contributed by atoms with Crippen LogP contribution in [0.4, 0.5) is 8.78 Å². The summed E-state index contributed by atoms with van der Waals surface area (Å²) in [6, 6.07) is 9.25. The van der Waals surface area contributed by atoms with Crippen molar-refractivity contribution in [2.45, 2.75) is 44.6 Å². The average Bonchev–Trinajstić information content (AvgIpc) is 2.66. The quantitative estimate of drug-likeness (QED) is 0.246. The first-order chi connectivity index (χ1) is 14.9. The summed E-state index contributed by atoms with van der Waals surface area (Å²) in [5, 5.41) is 8.29. The number of ketones is 1. The number of benzene rings is 2. The lowest BCUT2D eigenvalue weighted by atomic mass is 9.97. The number of hydrogen-bond donors (Lipinski definition) is 2. The summed E-state index contributed by atoms with van der Waals surface area (Å²) < 4.78 is 37.8. The maximum atomic E-state index is 13.7. The zero-order valence-corrected chi connectivity index (χ0v) is 18.7. The van der Waals surface area contributed by atoms with E-state index in [1.165, 1.54) is 30.3 Å². The topological polar surface area (TPSA) is 89.9 Å². The number of aliphatic carboxylic acids is 1. The summed E-state index contributed by atoms with van der Waals surface area (Å²) in [5.74, 6) is -5.63. The largest absolute Gasteiger partial charge is 0.489 e. The zero-order chi connectivity index (χ0) is 24.1. The van der Waals surface area contributed by atoms with Crippen molar-refractivity contribution in [2.24, 2.45) is 5.92 Å². The van der Waals surface area contributed by atoms with Gasteiger partial charge < -0.3 is 14.6 Å². The second-order valence-electron chi connectivity index (χ2n) is 8.06. The van der Waals surface area contributed by atoms with E-state index in [-0.39, 0.29) is 29.9 Å². The number of ether oxygens (including phenoxy) is 2. The molecule has 0 unspecified atom stereocenters. The van der Waals surface area contributed by atoms with Crippen molar-refractivity contribution < 1.29 is 37.7 Å². The molecule has 2 rings (SSSR count). The summed E-state index contributed by atoms with van der Waals surface area (Å²) in [7, 11) is 0. The van der Waals surface area contributed by atoms with Crippen molar-refractivity contribution in [3.63, 3.8) is 0 Å². The second kappa shape index (κ2) is 10.6. The zero-order valence-electron chi connectivity index (χ0n) is 17.8. The molecule has 0 aromatic heterocycles. The lowest BCUT2D eigenvalue weighted by Gasteiger charge is -2.24. The lowest BCUT2D eigenvalue weighted by molar-refractivity contribution is -0.166. The molecule has 0 saturated heterocycles. The van der Waals surface area contributed by atoms with Crippen LogP contribution in [0.2, 0.25) is 0 Å². The molecule has 0 fully saturated rings. The van der Waals surface area contributed by atoms with Crippen LogP contribution in [0.15, 0.2) is 42.5 Å². The maximum Gasteiger partial charge on any atom is 0.322 e. The Labute approximate surface area is 189 Å². The molecule has 172 valence electrons. The molecule has 0 aliphatic carbocycles. The second-order valence-corrected chi connectivity index (χ2v) is 8.72. The van der Waals surface area contributed by atoms with E-state index >= 15 is 0 Å². The van der Waals surface area contributed by atoms with Crippen LogP contribution in [0.1, 0.15) is 43.1 Å². The SMILES string of the molecule is CC(C)(C)OC(=O)[C@@H](C(=O)O)[C@@H](S)CC(=O)c1ccc(OCc2c(F)cccc2F)cc1. The highest BCUT2D eigenvalue weighted by Gasteiger charge is 2.37. The van der Waals surface area contributed by atoms with E-state index < -0.39 is 46.1 Å². The Morgan fingerprint density at radius 2 is 1.59 bits per heavy atom. The van der Waals surface area contributed by atoms with Crippen LogP contribution >= 0.6 is 12.6 Å². The van der Waals surface area contributed by atoms with Crippen molar-refractivity contribution in [3.8, 4) is 5.75 Å². The molecule has 0 saturated carbocycles. The van der Waals surface area contributed by atoms with Crippen LogP contribution in [-0.4, -0.2) is 33.7 Å². The number of thiol groups is 1.